The third-order valence-corrected chi connectivity index (χ3v) is 5.16. The second-order valence-electron chi connectivity index (χ2n) is 7.09. The fourth-order valence-electron chi connectivity index (χ4n) is 3.50. The smallest absolute Gasteiger partial charge is 0.122 e. The van der Waals surface area contributed by atoms with E-state index in [0.29, 0.717) is 6.61 Å². The summed E-state index contributed by atoms with van der Waals surface area (Å²) in [5.74, 6) is 1.97. The molecular formula is C24H23ClN2O. The highest BCUT2D eigenvalue weighted by molar-refractivity contribution is 6.30. The molecule has 4 aromatic rings. The maximum atomic E-state index is 6.07. The van der Waals surface area contributed by atoms with Crippen molar-refractivity contribution >= 4 is 22.6 Å². The number of rotatable bonds is 6. The Morgan fingerprint density at radius 2 is 1.75 bits per heavy atom. The lowest BCUT2D eigenvalue weighted by atomic mass is 10.1. The summed E-state index contributed by atoms with van der Waals surface area (Å²) in [6.45, 7) is 5.52. The summed E-state index contributed by atoms with van der Waals surface area (Å²) in [7, 11) is 0. The lowest BCUT2D eigenvalue weighted by Crippen LogP contribution is -2.12. The monoisotopic (exact) mass is 390 g/mol. The van der Waals surface area contributed by atoms with E-state index in [4.69, 9.17) is 21.3 Å². The van der Waals surface area contributed by atoms with Crippen LogP contribution in [0, 0.1) is 13.8 Å². The first-order valence-corrected chi connectivity index (χ1v) is 9.86. The van der Waals surface area contributed by atoms with Gasteiger partial charge in [-0.2, -0.15) is 0 Å². The number of aryl methyl sites for hydroxylation is 2. The molecule has 0 unspecified atom stereocenters. The van der Waals surface area contributed by atoms with Gasteiger partial charge >= 0.3 is 0 Å². The van der Waals surface area contributed by atoms with Gasteiger partial charge in [-0.1, -0.05) is 53.6 Å². The minimum Gasteiger partial charge on any atom is -0.491 e. The Bertz CT molecular complexity index is 1100. The van der Waals surface area contributed by atoms with E-state index in [1.165, 1.54) is 11.1 Å². The van der Waals surface area contributed by atoms with Crippen molar-refractivity contribution in [2.75, 3.05) is 6.61 Å². The van der Waals surface area contributed by atoms with Crippen LogP contribution in [0.3, 0.4) is 0 Å². The Balaban J connectivity index is 1.57. The van der Waals surface area contributed by atoms with Crippen molar-refractivity contribution in [3.63, 3.8) is 0 Å². The molecule has 0 aliphatic carbocycles. The fourth-order valence-corrected chi connectivity index (χ4v) is 3.63. The number of ether oxygens (including phenoxy) is 1. The Kier molecular flexibility index (Phi) is 5.36. The molecule has 0 bridgehead atoms. The molecule has 0 saturated heterocycles. The molecule has 1 aromatic heterocycles. The van der Waals surface area contributed by atoms with E-state index in [1.54, 1.807) is 0 Å². The molecule has 0 spiro atoms. The largest absolute Gasteiger partial charge is 0.491 e. The van der Waals surface area contributed by atoms with Crippen LogP contribution in [0.5, 0.6) is 5.75 Å². The average molecular weight is 391 g/mol. The maximum absolute atomic E-state index is 6.07. The van der Waals surface area contributed by atoms with Gasteiger partial charge in [0.2, 0.25) is 0 Å². The number of imidazole rings is 1. The number of hydrogen-bond donors (Lipinski definition) is 0. The fraction of sp³-hybridized carbons (Fsp3) is 0.208. The Labute approximate surface area is 170 Å². The van der Waals surface area contributed by atoms with Gasteiger partial charge in [-0.05, 0) is 55.3 Å². The normalized spacial score (nSPS) is 11.1. The molecule has 3 aromatic carbocycles. The zero-order valence-electron chi connectivity index (χ0n) is 16.2. The van der Waals surface area contributed by atoms with Gasteiger partial charge in [-0.25, -0.2) is 4.98 Å². The van der Waals surface area contributed by atoms with E-state index < -0.39 is 0 Å². The first kappa shape index (κ1) is 18.6. The third kappa shape index (κ3) is 4.05. The summed E-state index contributed by atoms with van der Waals surface area (Å²) < 4.78 is 8.33. The molecule has 0 fully saturated rings. The summed E-state index contributed by atoms with van der Waals surface area (Å²) >= 11 is 6.02. The van der Waals surface area contributed by atoms with Crippen LogP contribution in [0.15, 0.2) is 66.7 Å². The van der Waals surface area contributed by atoms with Crippen LogP contribution in [0.25, 0.3) is 11.0 Å². The zero-order valence-corrected chi connectivity index (χ0v) is 16.9. The van der Waals surface area contributed by atoms with Crippen molar-refractivity contribution in [3.8, 4) is 5.75 Å². The standard InChI is InChI=1S/C24H23ClN2O/c1-17-7-12-23(18(2)15-17)28-14-13-27-22-6-4-3-5-21(22)26-24(27)16-19-8-10-20(25)11-9-19/h3-12,15H,13-14,16H2,1-2H3. The molecule has 3 nitrogen and oxygen atoms in total. The summed E-state index contributed by atoms with van der Waals surface area (Å²) in [5, 5.41) is 0.749. The SMILES string of the molecule is Cc1ccc(OCCn2c(Cc3ccc(Cl)cc3)nc3ccccc32)c(C)c1. The quantitative estimate of drug-likeness (QED) is 0.405. The molecule has 0 aliphatic rings. The molecule has 0 amide bonds. The van der Waals surface area contributed by atoms with Gasteiger partial charge in [0.1, 0.15) is 18.2 Å². The maximum Gasteiger partial charge on any atom is 0.122 e. The van der Waals surface area contributed by atoms with Gasteiger partial charge in [-0.3, -0.25) is 0 Å². The molecule has 4 heteroatoms. The van der Waals surface area contributed by atoms with E-state index in [-0.39, 0.29) is 0 Å². The molecule has 0 radical (unpaired) electrons. The molecule has 1 heterocycles. The van der Waals surface area contributed by atoms with Gasteiger partial charge in [0.25, 0.3) is 0 Å². The van der Waals surface area contributed by atoms with Gasteiger partial charge in [0, 0.05) is 11.4 Å². The average Bonchev–Trinajstić information content (AvgIpc) is 3.03. The number of halogens is 1. The van der Waals surface area contributed by atoms with Gasteiger partial charge in [0.15, 0.2) is 0 Å². The highest BCUT2D eigenvalue weighted by Crippen LogP contribution is 2.21. The Morgan fingerprint density at radius 3 is 2.54 bits per heavy atom. The molecule has 4 rings (SSSR count). The summed E-state index contributed by atoms with van der Waals surface area (Å²) in [6.07, 6.45) is 0.759. The van der Waals surface area contributed by atoms with Crippen LogP contribution in [0.4, 0.5) is 0 Å². The molecule has 142 valence electrons. The molecule has 0 N–H and O–H groups in total. The minimum absolute atomic E-state index is 0.595. The predicted octanol–water partition coefficient (Wildman–Crippen LogP) is 5.98. The van der Waals surface area contributed by atoms with Crippen molar-refractivity contribution in [3.05, 3.63) is 94.3 Å². The van der Waals surface area contributed by atoms with Crippen LogP contribution in [-0.2, 0) is 13.0 Å². The van der Waals surface area contributed by atoms with Crippen molar-refractivity contribution < 1.29 is 4.74 Å². The molecule has 0 atom stereocenters. The van der Waals surface area contributed by atoms with E-state index in [0.717, 1.165) is 46.2 Å². The van der Waals surface area contributed by atoms with E-state index >= 15 is 0 Å². The van der Waals surface area contributed by atoms with Crippen molar-refractivity contribution in [2.24, 2.45) is 0 Å². The molecule has 28 heavy (non-hydrogen) atoms. The van der Waals surface area contributed by atoms with Crippen molar-refractivity contribution in [1.29, 1.82) is 0 Å². The number of para-hydroxylation sites is 2. The predicted molar refractivity (Wildman–Crippen MR) is 115 cm³/mol. The topological polar surface area (TPSA) is 27.1 Å². The van der Waals surface area contributed by atoms with Crippen LogP contribution < -0.4 is 4.74 Å². The lowest BCUT2D eigenvalue weighted by molar-refractivity contribution is 0.296. The third-order valence-electron chi connectivity index (χ3n) is 4.91. The highest BCUT2D eigenvalue weighted by Gasteiger charge is 2.11. The van der Waals surface area contributed by atoms with Crippen LogP contribution in [-0.4, -0.2) is 16.2 Å². The summed E-state index contributed by atoms with van der Waals surface area (Å²) in [4.78, 5) is 4.86. The van der Waals surface area contributed by atoms with E-state index in [9.17, 15) is 0 Å². The van der Waals surface area contributed by atoms with Crippen LogP contribution in [0.1, 0.15) is 22.5 Å². The highest BCUT2D eigenvalue weighted by atomic mass is 35.5. The van der Waals surface area contributed by atoms with E-state index in [2.05, 4.69) is 60.9 Å². The summed E-state index contributed by atoms with van der Waals surface area (Å²) in [5.41, 5.74) is 5.75. The second kappa shape index (κ2) is 8.07. The van der Waals surface area contributed by atoms with E-state index in [1.807, 2.05) is 24.3 Å². The first-order chi connectivity index (χ1) is 13.6. The molecule has 0 aliphatic heterocycles. The minimum atomic E-state index is 0.595. The number of nitrogens with zero attached hydrogens (tertiary/aromatic N) is 2. The summed E-state index contributed by atoms with van der Waals surface area (Å²) in [6, 6.07) is 22.5. The zero-order chi connectivity index (χ0) is 19.5. The Hall–Kier alpha value is -2.78. The number of hydrogen-bond acceptors (Lipinski definition) is 2. The van der Waals surface area contributed by atoms with Gasteiger partial charge in [-0.15, -0.1) is 0 Å². The van der Waals surface area contributed by atoms with Crippen molar-refractivity contribution in [1.82, 2.24) is 9.55 Å². The van der Waals surface area contributed by atoms with Crippen LogP contribution in [0.2, 0.25) is 5.02 Å². The number of aromatic nitrogens is 2. The Morgan fingerprint density at radius 1 is 0.964 bits per heavy atom. The van der Waals surface area contributed by atoms with Gasteiger partial charge < -0.3 is 9.30 Å². The van der Waals surface area contributed by atoms with Crippen LogP contribution >= 0.6 is 11.6 Å². The first-order valence-electron chi connectivity index (χ1n) is 9.49. The van der Waals surface area contributed by atoms with Crippen molar-refractivity contribution in [2.45, 2.75) is 26.8 Å². The number of fused-ring (bicyclic) bond motifs is 1. The van der Waals surface area contributed by atoms with Gasteiger partial charge in [0.05, 0.1) is 17.6 Å². The number of benzene rings is 3. The molecular weight excluding hydrogens is 368 g/mol. The lowest BCUT2D eigenvalue weighted by Gasteiger charge is -2.13. The molecule has 0 saturated carbocycles. The second-order valence-corrected chi connectivity index (χ2v) is 7.53.